The smallest absolute Gasteiger partial charge is 0.259 e. The lowest BCUT2D eigenvalue weighted by molar-refractivity contribution is -0.127. The number of ether oxygens (including phenoxy) is 1. The summed E-state index contributed by atoms with van der Waals surface area (Å²) in [5.41, 5.74) is 5.37. The minimum Gasteiger partial charge on any atom is -0.484 e. The van der Waals surface area contributed by atoms with Gasteiger partial charge in [-0.05, 0) is 37.1 Å². The minimum atomic E-state index is -0.388. The molecule has 0 aromatic heterocycles. The van der Waals surface area contributed by atoms with Gasteiger partial charge in [-0.25, -0.2) is 5.43 Å². The van der Waals surface area contributed by atoms with Crippen LogP contribution in [-0.2, 0) is 16.0 Å². The Morgan fingerprint density at radius 2 is 1.81 bits per heavy atom. The summed E-state index contributed by atoms with van der Waals surface area (Å²) in [6.07, 6.45) is 0.651. The summed E-state index contributed by atoms with van der Waals surface area (Å²) < 4.78 is 5.37. The third kappa shape index (κ3) is 7.17. The first-order chi connectivity index (χ1) is 12.5. The zero-order chi connectivity index (χ0) is 18.8. The van der Waals surface area contributed by atoms with Crippen molar-refractivity contribution >= 4 is 17.5 Å². The molecule has 2 N–H and O–H groups in total. The molecular weight excluding hydrogens is 330 g/mol. The summed E-state index contributed by atoms with van der Waals surface area (Å²) in [6, 6.07) is 17.3. The molecule has 0 atom stereocenters. The first-order valence-corrected chi connectivity index (χ1v) is 8.35. The lowest BCUT2D eigenvalue weighted by atomic mass is 10.1. The van der Waals surface area contributed by atoms with E-state index in [0.717, 1.165) is 16.8 Å². The molecule has 2 amide bonds. The highest BCUT2D eigenvalue weighted by Gasteiger charge is 2.06. The maximum absolute atomic E-state index is 11.7. The summed E-state index contributed by atoms with van der Waals surface area (Å²) in [5, 5.41) is 6.53. The summed E-state index contributed by atoms with van der Waals surface area (Å²) in [7, 11) is 0. The number of benzene rings is 2. The van der Waals surface area contributed by atoms with Crippen LogP contribution in [0.5, 0.6) is 5.75 Å². The van der Waals surface area contributed by atoms with Crippen LogP contribution in [0.3, 0.4) is 0 Å². The van der Waals surface area contributed by atoms with Gasteiger partial charge in [-0.15, -0.1) is 0 Å². The SMILES string of the molecule is C/C(Cc1ccccc1)=N\NC(=O)CNC(=O)COc1cccc(C)c1. The van der Waals surface area contributed by atoms with Crippen LogP contribution in [0.25, 0.3) is 0 Å². The average molecular weight is 353 g/mol. The Bertz CT molecular complexity index is 773. The third-order valence-corrected chi connectivity index (χ3v) is 3.48. The van der Waals surface area contributed by atoms with Gasteiger partial charge in [0.15, 0.2) is 6.61 Å². The maximum atomic E-state index is 11.7. The van der Waals surface area contributed by atoms with E-state index < -0.39 is 0 Å². The molecule has 0 heterocycles. The fourth-order valence-electron chi connectivity index (χ4n) is 2.21. The zero-order valence-electron chi connectivity index (χ0n) is 15.0. The van der Waals surface area contributed by atoms with Crippen molar-refractivity contribution < 1.29 is 14.3 Å². The van der Waals surface area contributed by atoms with E-state index in [1.54, 1.807) is 6.07 Å². The summed E-state index contributed by atoms with van der Waals surface area (Å²) in [4.78, 5) is 23.5. The summed E-state index contributed by atoms with van der Waals surface area (Å²) in [6.45, 7) is 3.48. The van der Waals surface area contributed by atoms with E-state index in [-0.39, 0.29) is 25.0 Å². The van der Waals surface area contributed by atoms with Gasteiger partial charge in [0.2, 0.25) is 0 Å². The Morgan fingerprint density at radius 1 is 1.04 bits per heavy atom. The zero-order valence-corrected chi connectivity index (χ0v) is 15.0. The van der Waals surface area contributed by atoms with Crippen molar-refractivity contribution in [1.82, 2.24) is 10.7 Å². The monoisotopic (exact) mass is 353 g/mol. The van der Waals surface area contributed by atoms with Gasteiger partial charge in [0.05, 0.1) is 6.54 Å². The van der Waals surface area contributed by atoms with Crippen molar-refractivity contribution in [1.29, 1.82) is 0 Å². The highest BCUT2D eigenvalue weighted by Crippen LogP contribution is 2.11. The van der Waals surface area contributed by atoms with Gasteiger partial charge < -0.3 is 10.1 Å². The molecule has 0 fully saturated rings. The van der Waals surface area contributed by atoms with Crippen LogP contribution in [-0.4, -0.2) is 30.7 Å². The Morgan fingerprint density at radius 3 is 2.54 bits per heavy atom. The lowest BCUT2D eigenvalue weighted by Crippen LogP contribution is -2.37. The Kier molecular flexibility index (Phi) is 7.36. The highest BCUT2D eigenvalue weighted by molar-refractivity contribution is 5.88. The number of rotatable bonds is 8. The Balaban J connectivity index is 1.67. The van der Waals surface area contributed by atoms with Gasteiger partial charge in [0.1, 0.15) is 5.75 Å². The molecule has 0 saturated heterocycles. The van der Waals surface area contributed by atoms with Crippen molar-refractivity contribution in [2.45, 2.75) is 20.3 Å². The number of aryl methyl sites for hydroxylation is 1. The molecule has 2 rings (SSSR count). The number of carbonyl (C=O) groups excluding carboxylic acids is 2. The predicted molar refractivity (Wildman–Crippen MR) is 101 cm³/mol. The van der Waals surface area contributed by atoms with E-state index in [1.807, 2.05) is 62.4 Å². The molecule has 2 aromatic rings. The van der Waals surface area contributed by atoms with Crippen LogP contribution in [0.2, 0.25) is 0 Å². The van der Waals surface area contributed by atoms with Crippen LogP contribution < -0.4 is 15.5 Å². The van der Waals surface area contributed by atoms with Crippen molar-refractivity contribution in [3.63, 3.8) is 0 Å². The Hall–Kier alpha value is -3.15. The summed E-state index contributed by atoms with van der Waals surface area (Å²) in [5.74, 6) is -0.140. The van der Waals surface area contributed by atoms with Crippen LogP contribution in [0.4, 0.5) is 0 Å². The van der Waals surface area contributed by atoms with Crippen molar-refractivity contribution in [3.05, 3.63) is 65.7 Å². The number of hydrazone groups is 1. The van der Waals surface area contributed by atoms with Crippen LogP contribution in [0.1, 0.15) is 18.1 Å². The van der Waals surface area contributed by atoms with E-state index in [1.165, 1.54) is 0 Å². The fourth-order valence-corrected chi connectivity index (χ4v) is 2.21. The van der Waals surface area contributed by atoms with Crippen molar-refractivity contribution in [3.8, 4) is 5.75 Å². The van der Waals surface area contributed by atoms with E-state index in [9.17, 15) is 9.59 Å². The first-order valence-electron chi connectivity index (χ1n) is 8.35. The van der Waals surface area contributed by atoms with Crippen molar-refractivity contribution in [2.75, 3.05) is 13.2 Å². The van der Waals surface area contributed by atoms with Crippen molar-refractivity contribution in [2.24, 2.45) is 5.10 Å². The topological polar surface area (TPSA) is 79.8 Å². The maximum Gasteiger partial charge on any atom is 0.259 e. The normalized spacial score (nSPS) is 10.9. The average Bonchev–Trinajstić information content (AvgIpc) is 2.64. The molecular formula is C20H23N3O3. The van der Waals surface area contributed by atoms with Gasteiger partial charge in [0.25, 0.3) is 11.8 Å². The highest BCUT2D eigenvalue weighted by atomic mass is 16.5. The molecule has 0 spiro atoms. The molecule has 0 aliphatic carbocycles. The summed E-state index contributed by atoms with van der Waals surface area (Å²) >= 11 is 0. The number of hydrogen-bond acceptors (Lipinski definition) is 4. The molecule has 0 aliphatic heterocycles. The van der Waals surface area contributed by atoms with Gasteiger partial charge in [0, 0.05) is 12.1 Å². The molecule has 0 radical (unpaired) electrons. The number of amides is 2. The first kappa shape index (κ1) is 19.2. The lowest BCUT2D eigenvalue weighted by Gasteiger charge is -2.08. The molecule has 6 nitrogen and oxygen atoms in total. The second-order valence-corrected chi connectivity index (χ2v) is 5.93. The number of hydrogen-bond donors (Lipinski definition) is 2. The van der Waals surface area contributed by atoms with Crippen LogP contribution in [0.15, 0.2) is 59.7 Å². The molecule has 26 heavy (non-hydrogen) atoms. The van der Waals surface area contributed by atoms with Gasteiger partial charge in [-0.1, -0.05) is 42.5 Å². The fraction of sp³-hybridized carbons (Fsp3) is 0.250. The third-order valence-electron chi connectivity index (χ3n) is 3.48. The van der Waals surface area contributed by atoms with Crippen LogP contribution >= 0.6 is 0 Å². The predicted octanol–water partition coefficient (Wildman–Crippen LogP) is 2.22. The molecule has 0 saturated carbocycles. The van der Waals surface area contributed by atoms with E-state index >= 15 is 0 Å². The number of nitrogens with zero attached hydrogens (tertiary/aromatic N) is 1. The largest absolute Gasteiger partial charge is 0.484 e. The molecule has 0 aliphatic rings. The second kappa shape index (κ2) is 9.98. The Labute approximate surface area is 153 Å². The van der Waals surface area contributed by atoms with Crippen LogP contribution in [0, 0.1) is 6.92 Å². The molecule has 0 unspecified atom stereocenters. The molecule has 2 aromatic carbocycles. The van der Waals surface area contributed by atoms with Gasteiger partial charge in [-0.2, -0.15) is 5.10 Å². The molecule has 0 bridgehead atoms. The molecule has 6 heteroatoms. The minimum absolute atomic E-state index is 0.146. The standard InChI is InChI=1S/C20H23N3O3/c1-15-7-6-10-18(11-15)26-14-20(25)21-13-19(24)23-22-16(2)12-17-8-4-3-5-9-17/h3-11H,12-14H2,1-2H3,(H,21,25)(H,23,24)/b22-16+. The van der Waals surface area contributed by atoms with Gasteiger partial charge in [-0.3, -0.25) is 9.59 Å². The van der Waals surface area contributed by atoms with E-state index in [4.69, 9.17) is 4.74 Å². The van der Waals surface area contributed by atoms with Gasteiger partial charge >= 0.3 is 0 Å². The quantitative estimate of drug-likeness (QED) is 0.564. The van der Waals surface area contributed by atoms with E-state index in [2.05, 4.69) is 15.8 Å². The molecule has 136 valence electrons. The van der Waals surface area contributed by atoms with E-state index in [0.29, 0.717) is 12.2 Å². The second-order valence-electron chi connectivity index (χ2n) is 5.93. The number of carbonyl (C=O) groups is 2. The number of nitrogens with one attached hydrogen (secondary N) is 2.